The fourth-order valence-electron chi connectivity index (χ4n) is 3.42. The molecule has 2 heteroatoms. The lowest BCUT2D eigenvalue weighted by Crippen LogP contribution is -2.29. The Bertz CT molecular complexity index is 467. The molecule has 2 fully saturated rings. The van der Waals surface area contributed by atoms with E-state index in [4.69, 9.17) is 4.74 Å². The Morgan fingerprint density at radius 2 is 2.00 bits per heavy atom. The molecule has 0 atom stereocenters. The van der Waals surface area contributed by atoms with E-state index in [1.54, 1.807) is 0 Å². The largest absolute Gasteiger partial charge is 0.459 e. The molecule has 0 amide bonds. The number of carbonyl (C=O) groups excluding carboxylic acids is 1. The molecule has 0 heterocycles. The first-order valence-electron chi connectivity index (χ1n) is 7.19. The van der Waals surface area contributed by atoms with Crippen molar-refractivity contribution in [2.75, 3.05) is 0 Å². The highest BCUT2D eigenvalue weighted by atomic mass is 16.6. The van der Waals surface area contributed by atoms with Crippen LogP contribution in [-0.4, -0.2) is 11.6 Å². The van der Waals surface area contributed by atoms with Crippen LogP contribution in [0, 0.1) is 5.92 Å². The molecule has 19 heavy (non-hydrogen) atoms. The number of esters is 1. The molecule has 2 saturated carbocycles. The van der Waals surface area contributed by atoms with Gasteiger partial charge in [0.15, 0.2) is 0 Å². The fraction of sp³-hybridized carbons (Fsp3) is 0.471. The Morgan fingerprint density at radius 1 is 1.26 bits per heavy atom. The van der Waals surface area contributed by atoms with E-state index in [2.05, 4.69) is 0 Å². The number of hydrogen-bond donors (Lipinski definition) is 0. The molecule has 2 bridgehead atoms. The molecule has 0 aliphatic heterocycles. The van der Waals surface area contributed by atoms with E-state index in [0.29, 0.717) is 6.42 Å². The molecule has 0 unspecified atom stereocenters. The summed E-state index contributed by atoms with van der Waals surface area (Å²) >= 11 is 0. The van der Waals surface area contributed by atoms with Crippen LogP contribution >= 0.6 is 0 Å². The number of benzene rings is 1. The van der Waals surface area contributed by atoms with E-state index in [-0.39, 0.29) is 11.6 Å². The maximum Gasteiger partial charge on any atom is 0.310 e. The first-order chi connectivity index (χ1) is 9.26. The molecule has 0 aromatic heterocycles. The zero-order valence-corrected chi connectivity index (χ0v) is 11.2. The van der Waals surface area contributed by atoms with Gasteiger partial charge in [0.2, 0.25) is 0 Å². The second-order valence-corrected chi connectivity index (χ2v) is 5.82. The summed E-state index contributed by atoms with van der Waals surface area (Å²) in [7, 11) is 0. The van der Waals surface area contributed by atoms with Crippen molar-refractivity contribution in [1.82, 2.24) is 0 Å². The monoisotopic (exact) mass is 256 g/mol. The van der Waals surface area contributed by atoms with Crippen LogP contribution in [0.5, 0.6) is 0 Å². The first kappa shape index (κ1) is 12.5. The van der Waals surface area contributed by atoms with E-state index in [0.717, 1.165) is 30.7 Å². The maximum absolute atomic E-state index is 11.9. The van der Waals surface area contributed by atoms with Crippen molar-refractivity contribution in [3.8, 4) is 0 Å². The lowest BCUT2D eigenvalue weighted by atomic mass is 9.97. The molecule has 0 N–H and O–H groups in total. The lowest BCUT2D eigenvalue weighted by Gasteiger charge is -2.26. The lowest BCUT2D eigenvalue weighted by molar-refractivity contribution is -0.157. The summed E-state index contributed by atoms with van der Waals surface area (Å²) in [6, 6.07) is 10.0. The summed E-state index contributed by atoms with van der Waals surface area (Å²) in [6.45, 7) is 0. The summed E-state index contributed by atoms with van der Waals surface area (Å²) in [4.78, 5) is 11.9. The third kappa shape index (κ3) is 2.89. The Morgan fingerprint density at radius 3 is 2.63 bits per heavy atom. The van der Waals surface area contributed by atoms with Crippen molar-refractivity contribution in [3.05, 3.63) is 42.0 Å². The van der Waals surface area contributed by atoms with Gasteiger partial charge >= 0.3 is 5.97 Å². The van der Waals surface area contributed by atoms with Gasteiger partial charge in [-0.15, -0.1) is 0 Å². The van der Waals surface area contributed by atoms with Crippen LogP contribution in [0.15, 0.2) is 36.4 Å². The quantitative estimate of drug-likeness (QED) is 0.762. The molecule has 2 nitrogen and oxygen atoms in total. The van der Waals surface area contributed by atoms with Crippen molar-refractivity contribution in [2.24, 2.45) is 5.92 Å². The van der Waals surface area contributed by atoms with Gasteiger partial charge in [0.25, 0.3) is 0 Å². The van der Waals surface area contributed by atoms with Crippen molar-refractivity contribution in [2.45, 2.75) is 44.1 Å². The highest BCUT2D eigenvalue weighted by Crippen LogP contribution is 2.50. The summed E-state index contributed by atoms with van der Waals surface area (Å²) in [5.74, 6) is 0.738. The van der Waals surface area contributed by atoms with Crippen LogP contribution in [0.1, 0.15) is 44.1 Å². The van der Waals surface area contributed by atoms with Crippen LogP contribution < -0.4 is 0 Å². The second kappa shape index (κ2) is 5.20. The Hall–Kier alpha value is -1.57. The smallest absolute Gasteiger partial charge is 0.310 e. The van der Waals surface area contributed by atoms with Crippen LogP contribution in [0.3, 0.4) is 0 Å². The molecule has 0 saturated heterocycles. The predicted octanol–water partition coefficient (Wildman–Crippen LogP) is 3.97. The van der Waals surface area contributed by atoms with Crippen molar-refractivity contribution >= 4 is 12.0 Å². The van der Waals surface area contributed by atoms with Crippen LogP contribution in [0.2, 0.25) is 0 Å². The van der Waals surface area contributed by atoms with Crippen molar-refractivity contribution < 1.29 is 9.53 Å². The Balaban J connectivity index is 1.51. The van der Waals surface area contributed by atoms with Gasteiger partial charge in [-0.2, -0.15) is 0 Å². The number of hydrogen-bond acceptors (Lipinski definition) is 2. The van der Waals surface area contributed by atoms with Gasteiger partial charge < -0.3 is 4.74 Å². The van der Waals surface area contributed by atoms with E-state index in [1.807, 2.05) is 42.5 Å². The minimum Gasteiger partial charge on any atom is -0.459 e. The molecule has 0 radical (unpaired) electrons. The third-order valence-electron chi connectivity index (χ3n) is 4.40. The average Bonchev–Trinajstić information content (AvgIpc) is 3.00. The highest BCUT2D eigenvalue weighted by molar-refractivity contribution is 5.73. The summed E-state index contributed by atoms with van der Waals surface area (Å²) in [6.07, 6.45) is 9.99. The number of fused-ring (bicyclic) bond motifs is 2. The Kier molecular flexibility index (Phi) is 3.41. The summed E-state index contributed by atoms with van der Waals surface area (Å²) in [5, 5.41) is 0. The SMILES string of the molecule is O=C(CC=Cc1ccccc1)OC12CCC(CC1)C2. The van der Waals surface area contributed by atoms with Crippen LogP contribution in [0.25, 0.3) is 6.08 Å². The topological polar surface area (TPSA) is 26.3 Å². The van der Waals surface area contributed by atoms with Crippen molar-refractivity contribution in [3.63, 3.8) is 0 Å². The van der Waals surface area contributed by atoms with Gasteiger partial charge in [0.1, 0.15) is 5.60 Å². The van der Waals surface area contributed by atoms with Gasteiger partial charge in [-0.25, -0.2) is 0 Å². The van der Waals surface area contributed by atoms with Gasteiger partial charge in [0, 0.05) is 0 Å². The molecular formula is C17H20O2. The molecule has 2 aliphatic carbocycles. The zero-order chi connectivity index (χ0) is 13.1. The third-order valence-corrected chi connectivity index (χ3v) is 4.40. The molecule has 100 valence electrons. The zero-order valence-electron chi connectivity index (χ0n) is 11.2. The van der Waals surface area contributed by atoms with Gasteiger partial charge in [-0.05, 0) is 43.6 Å². The Labute approximate surface area is 114 Å². The van der Waals surface area contributed by atoms with Crippen LogP contribution in [-0.2, 0) is 9.53 Å². The van der Waals surface area contributed by atoms with E-state index in [1.165, 1.54) is 12.8 Å². The highest BCUT2D eigenvalue weighted by Gasteiger charge is 2.47. The molecule has 3 rings (SSSR count). The predicted molar refractivity (Wildman–Crippen MR) is 75.5 cm³/mol. The van der Waals surface area contributed by atoms with E-state index >= 15 is 0 Å². The van der Waals surface area contributed by atoms with Gasteiger partial charge in [-0.3, -0.25) is 4.79 Å². The number of rotatable bonds is 4. The minimum atomic E-state index is -0.0949. The molecule has 2 aliphatic rings. The maximum atomic E-state index is 11.9. The molecule has 1 aromatic carbocycles. The molecule has 0 spiro atoms. The number of ether oxygens (including phenoxy) is 1. The number of carbonyl (C=O) groups is 1. The standard InChI is InChI=1S/C17H20O2/c18-16(8-4-7-14-5-2-1-3-6-14)19-17-11-9-15(13-17)10-12-17/h1-7,15H,8-13H2. The summed E-state index contributed by atoms with van der Waals surface area (Å²) in [5.41, 5.74) is 1.03. The minimum absolute atomic E-state index is 0.0743. The molecule has 1 aromatic rings. The van der Waals surface area contributed by atoms with Gasteiger partial charge in [-0.1, -0.05) is 42.5 Å². The second-order valence-electron chi connectivity index (χ2n) is 5.82. The van der Waals surface area contributed by atoms with Crippen molar-refractivity contribution in [1.29, 1.82) is 0 Å². The fourth-order valence-corrected chi connectivity index (χ4v) is 3.42. The van der Waals surface area contributed by atoms with E-state index in [9.17, 15) is 4.79 Å². The normalized spacial score (nSPS) is 28.9. The average molecular weight is 256 g/mol. The molecular weight excluding hydrogens is 236 g/mol. The van der Waals surface area contributed by atoms with Crippen LogP contribution in [0.4, 0.5) is 0 Å². The van der Waals surface area contributed by atoms with Gasteiger partial charge in [0.05, 0.1) is 6.42 Å². The summed E-state index contributed by atoms with van der Waals surface area (Å²) < 4.78 is 5.74. The first-order valence-corrected chi connectivity index (χ1v) is 7.19. The van der Waals surface area contributed by atoms with E-state index < -0.39 is 0 Å².